The van der Waals surface area contributed by atoms with Crippen molar-refractivity contribution >= 4 is 0 Å². The van der Waals surface area contributed by atoms with Gasteiger partial charge < -0.3 is 10.2 Å². The number of aliphatic hydroxyl groups excluding tert-OH is 2. The number of fused-ring (bicyclic) bond motifs is 5. The Morgan fingerprint density at radius 1 is 0.810 bits per heavy atom. The Hall–Kier alpha value is -0.0800. The van der Waals surface area contributed by atoms with E-state index in [-0.39, 0.29) is 5.41 Å². The molecule has 4 fully saturated rings. The lowest BCUT2D eigenvalue weighted by Crippen LogP contribution is -2.53. The van der Waals surface area contributed by atoms with E-state index >= 15 is 0 Å². The van der Waals surface area contributed by atoms with Gasteiger partial charge in [-0.1, -0.05) is 26.7 Å². The molecule has 120 valence electrons. The zero-order chi connectivity index (χ0) is 14.8. The van der Waals surface area contributed by atoms with E-state index in [1.807, 2.05) is 0 Å². The topological polar surface area (TPSA) is 40.5 Å². The highest BCUT2D eigenvalue weighted by molar-refractivity contribution is 5.10. The van der Waals surface area contributed by atoms with Crippen LogP contribution in [0.1, 0.15) is 71.6 Å². The van der Waals surface area contributed by atoms with E-state index in [0.29, 0.717) is 11.3 Å². The van der Waals surface area contributed by atoms with Gasteiger partial charge in [0.1, 0.15) is 0 Å². The summed E-state index contributed by atoms with van der Waals surface area (Å²) in [5.74, 6) is 3.12. The molecule has 0 heterocycles. The largest absolute Gasteiger partial charge is 0.390 e. The SMILES string of the molecule is C[C@]12CCCC[C@@H]1CC[C@H]1[C@H]2CC[C@]2(C)[C@@H](O)[C@@H](O)C[C@@H]12. The van der Waals surface area contributed by atoms with Crippen LogP contribution in [0.2, 0.25) is 0 Å². The molecule has 4 rings (SSSR count). The van der Waals surface area contributed by atoms with Crippen molar-refractivity contribution in [3.05, 3.63) is 0 Å². The Morgan fingerprint density at radius 2 is 1.62 bits per heavy atom. The van der Waals surface area contributed by atoms with Crippen LogP contribution in [-0.2, 0) is 0 Å². The maximum atomic E-state index is 10.5. The summed E-state index contributed by atoms with van der Waals surface area (Å²) >= 11 is 0. The fourth-order valence-corrected chi connectivity index (χ4v) is 7.28. The second kappa shape index (κ2) is 4.71. The third-order valence-corrected chi connectivity index (χ3v) is 8.56. The highest BCUT2D eigenvalue weighted by Crippen LogP contribution is 2.66. The first-order chi connectivity index (χ1) is 9.97. The maximum absolute atomic E-state index is 10.5. The van der Waals surface area contributed by atoms with E-state index in [1.54, 1.807) is 0 Å². The average Bonchev–Trinajstić information content (AvgIpc) is 2.70. The Kier molecular flexibility index (Phi) is 3.25. The predicted octanol–water partition coefficient (Wildman–Crippen LogP) is 3.75. The molecule has 2 heteroatoms. The van der Waals surface area contributed by atoms with Gasteiger partial charge in [-0.2, -0.15) is 0 Å². The maximum Gasteiger partial charge on any atom is 0.0855 e. The zero-order valence-electron chi connectivity index (χ0n) is 13.7. The zero-order valence-corrected chi connectivity index (χ0v) is 13.7. The fourth-order valence-electron chi connectivity index (χ4n) is 7.28. The van der Waals surface area contributed by atoms with Gasteiger partial charge in [0.05, 0.1) is 12.2 Å². The van der Waals surface area contributed by atoms with Crippen molar-refractivity contribution in [3.8, 4) is 0 Å². The van der Waals surface area contributed by atoms with Gasteiger partial charge in [-0.3, -0.25) is 0 Å². The molecular formula is C19H32O2. The first kappa shape index (κ1) is 14.5. The molecule has 0 aromatic rings. The summed E-state index contributed by atoms with van der Waals surface area (Å²) in [6, 6.07) is 0. The molecule has 21 heavy (non-hydrogen) atoms. The van der Waals surface area contributed by atoms with E-state index in [2.05, 4.69) is 13.8 Å². The molecule has 0 aliphatic heterocycles. The van der Waals surface area contributed by atoms with E-state index in [0.717, 1.165) is 30.6 Å². The molecule has 0 amide bonds. The molecule has 4 aliphatic carbocycles. The summed E-state index contributed by atoms with van der Waals surface area (Å²) in [6.07, 6.45) is 10.8. The van der Waals surface area contributed by atoms with Crippen LogP contribution in [0.15, 0.2) is 0 Å². The average molecular weight is 292 g/mol. The second-order valence-corrected chi connectivity index (χ2v) is 9.20. The van der Waals surface area contributed by atoms with Crippen LogP contribution in [0, 0.1) is 34.5 Å². The molecule has 2 N–H and O–H groups in total. The quantitative estimate of drug-likeness (QED) is 0.714. The monoisotopic (exact) mass is 292 g/mol. The third-order valence-electron chi connectivity index (χ3n) is 8.56. The Morgan fingerprint density at radius 3 is 2.43 bits per heavy atom. The fraction of sp³-hybridized carbons (Fsp3) is 1.00. The van der Waals surface area contributed by atoms with Crippen LogP contribution in [0.5, 0.6) is 0 Å². The summed E-state index contributed by atoms with van der Waals surface area (Å²) in [6.45, 7) is 4.84. The summed E-state index contributed by atoms with van der Waals surface area (Å²) in [7, 11) is 0. The van der Waals surface area contributed by atoms with Gasteiger partial charge in [-0.05, 0) is 79.4 Å². The lowest BCUT2D eigenvalue weighted by Gasteiger charge is -2.60. The standard InChI is InChI=1S/C19H32O2/c1-18-9-4-3-5-12(18)6-7-13-14(18)8-10-19(2)15(13)11-16(20)17(19)21/h12-17,20-21H,3-11H2,1-2H3/t12-,13+,14-,15+,16+,17+,18+,19+/m1/s1. The molecule has 2 nitrogen and oxygen atoms in total. The highest BCUT2D eigenvalue weighted by Gasteiger charge is 2.61. The first-order valence-corrected chi connectivity index (χ1v) is 9.33. The minimum absolute atomic E-state index is 0.0154. The van der Waals surface area contributed by atoms with Gasteiger partial charge in [0.2, 0.25) is 0 Å². The van der Waals surface area contributed by atoms with Crippen molar-refractivity contribution in [2.45, 2.75) is 83.8 Å². The van der Waals surface area contributed by atoms with Gasteiger partial charge in [0.25, 0.3) is 0 Å². The predicted molar refractivity (Wildman–Crippen MR) is 83.7 cm³/mol. The third kappa shape index (κ3) is 1.84. The normalized spacial score (nSPS) is 60.0. The molecule has 0 aromatic heterocycles. The molecular weight excluding hydrogens is 260 g/mol. The van der Waals surface area contributed by atoms with Gasteiger partial charge in [-0.25, -0.2) is 0 Å². The lowest BCUT2D eigenvalue weighted by atomic mass is 9.45. The molecule has 0 radical (unpaired) electrons. The second-order valence-electron chi connectivity index (χ2n) is 9.20. The van der Waals surface area contributed by atoms with Crippen LogP contribution >= 0.6 is 0 Å². The molecule has 0 aromatic carbocycles. The lowest BCUT2D eigenvalue weighted by molar-refractivity contribution is -0.123. The van der Waals surface area contributed by atoms with Crippen molar-refractivity contribution in [3.63, 3.8) is 0 Å². The van der Waals surface area contributed by atoms with Crippen LogP contribution in [-0.4, -0.2) is 22.4 Å². The van der Waals surface area contributed by atoms with Crippen molar-refractivity contribution < 1.29 is 10.2 Å². The summed E-state index contributed by atoms with van der Waals surface area (Å²) in [4.78, 5) is 0. The summed E-state index contributed by atoms with van der Waals surface area (Å²) in [5, 5.41) is 20.7. The molecule has 0 saturated heterocycles. The number of hydrogen-bond acceptors (Lipinski definition) is 2. The van der Waals surface area contributed by atoms with E-state index in [9.17, 15) is 10.2 Å². The minimum atomic E-state index is -0.486. The van der Waals surface area contributed by atoms with Gasteiger partial charge in [-0.15, -0.1) is 0 Å². The number of hydrogen-bond donors (Lipinski definition) is 2. The Balaban J connectivity index is 1.65. The van der Waals surface area contributed by atoms with Crippen LogP contribution in [0.25, 0.3) is 0 Å². The molecule has 4 aliphatic rings. The summed E-state index contributed by atoms with van der Waals surface area (Å²) < 4.78 is 0. The van der Waals surface area contributed by atoms with Crippen LogP contribution in [0.4, 0.5) is 0 Å². The molecule has 4 saturated carbocycles. The molecule has 0 spiro atoms. The summed E-state index contributed by atoms with van der Waals surface area (Å²) in [5.41, 5.74) is 0.541. The van der Waals surface area contributed by atoms with Crippen molar-refractivity contribution in [1.29, 1.82) is 0 Å². The van der Waals surface area contributed by atoms with E-state index in [4.69, 9.17) is 0 Å². The van der Waals surface area contributed by atoms with Crippen molar-refractivity contribution in [2.75, 3.05) is 0 Å². The minimum Gasteiger partial charge on any atom is -0.390 e. The first-order valence-electron chi connectivity index (χ1n) is 9.33. The Labute approximate surface area is 129 Å². The van der Waals surface area contributed by atoms with Gasteiger partial charge >= 0.3 is 0 Å². The van der Waals surface area contributed by atoms with E-state index in [1.165, 1.54) is 44.9 Å². The van der Waals surface area contributed by atoms with Gasteiger partial charge in [0.15, 0.2) is 0 Å². The number of rotatable bonds is 0. The van der Waals surface area contributed by atoms with Crippen molar-refractivity contribution in [2.24, 2.45) is 34.5 Å². The molecule has 8 atom stereocenters. The molecule has 0 bridgehead atoms. The van der Waals surface area contributed by atoms with E-state index < -0.39 is 12.2 Å². The van der Waals surface area contributed by atoms with Gasteiger partial charge in [0, 0.05) is 0 Å². The highest BCUT2D eigenvalue weighted by atomic mass is 16.3. The van der Waals surface area contributed by atoms with Crippen LogP contribution < -0.4 is 0 Å². The van der Waals surface area contributed by atoms with Crippen molar-refractivity contribution in [1.82, 2.24) is 0 Å². The Bertz CT molecular complexity index is 422. The van der Waals surface area contributed by atoms with Crippen LogP contribution in [0.3, 0.4) is 0 Å². The smallest absolute Gasteiger partial charge is 0.0855 e. The number of aliphatic hydroxyl groups is 2. The molecule has 0 unspecified atom stereocenters.